The fourth-order valence-corrected chi connectivity index (χ4v) is 5.76. The van der Waals surface area contributed by atoms with Crippen LogP contribution in [0.2, 0.25) is 0 Å². The molecule has 2 aromatic heterocycles. The zero-order valence-electron chi connectivity index (χ0n) is 22.4. The molecule has 3 saturated heterocycles. The number of anilines is 3. The summed E-state index contributed by atoms with van der Waals surface area (Å²) in [5.41, 5.74) is 10.2. The lowest BCUT2D eigenvalue weighted by atomic mass is 9.77. The molecule has 0 saturated carbocycles. The number of benzene rings is 1. The summed E-state index contributed by atoms with van der Waals surface area (Å²) in [6, 6.07) is 12.1. The SMILES string of the molecule is Cc1cccnc1-c1nc(C(N)=O)c(Nc2ccc(CN3CCOCC3)cc2)nc1N1CCC12CCOCC2. The van der Waals surface area contributed by atoms with Crippen molar-refractivity contribution >= 4 is 23.2 Å². The smallest absolute Gasteiger partial charge is 0.271 e. The van der Waals surface area contributed by atoms with Gasteiger partial charge in [-0.05, 0) is 55.5 Å². The number of aromatic nitrogens is 3. The molecule has 204 valence electrons. The van der Waals surface area contributed by atoms with Crippen LogP contribution in [0.25, 0.3) is 11.4 Å². The maximum atomic E-state index is 12.6. The van der Waals surface area contributed by atoms with Gasteiger partial charge in [-0.15, -0.1) is 0 Å². The van der Waals surface area contributed by atoms with Crippen LogP contribution in [0.4, 0.5) is 17.3 Å². The number of nitrogens with zero attached hydrogens (tertiary/aromatic N) is 5. The van der Waals surface area contributed by atoms with Crippen LogP contribution in [-0.4, -0.2) is 77.4 Å². The van der Waals surface area contributed by atoms with Crippen LogP contribution in [-0.2, 0) is 16.0 Å². The normalized spacial score (nSPS) is 19.1. The second-order valence-corrected chi connectivity index (χ2v) is 10.6. The van der Waals surface area contributed by atoms with E-state index in [1.54, 1.807) is 6.20 Å². The van der Waals surface area contributed by atoms with Crippen molar-refractivity contribution in [1.29, 1.82) is 0 Å². The number of carbonyl (C=O) groups is 1. The summed E-state index contributed by atoms with van der Waals surface area (Å²) in [4.78, 5) is 31.8. The fourth-order valence-electron chi connectivity index (χ4n) is 5.76. The van der Waals surface area contributed by atoms with Gasteiger partial charge < -0.3 is 25.4 Å². The Labute approximate surface area is 228 Å². The molecule has 39 heavy (non-hydrogen) atoms. The number of amides is 1. The van der Waals surface area contributed by atoms with E-state index in [-0.39, 0.29) is 11.2 Å². The summed E-state index contributed by atoms with van der Waals surface area (Å²) in [5.74, 6) is 0.436. The Morgan fingerprint density at radius 3 is 2.38 bits per heavy atom. The largest absolute Gasteiger partial charge is 0.381 e. The average molecular weight is 530 g/mol. The summed E-state index contributed by atoms with van der Waals surface area (Å²) >= 11 is 0. The molecule has 3 aromatic rings. The summed E-state index contributed by atoms with van der Waals surface area (Å²) < 4.78 is 11.1. The standard InChI is InChI=1S/C29H35N7O3/c1-20-3-2-11-31-23(20)24-28(36-12-8-29(36)9-15-38-16-10-29)34-27(25(33-24)26(30)37)32-22-6-4-21(5-7-22)19-35-13-17-39-18-14-35/h2-7,11H,8-10,12-19H2,1H3,(H2,30,37)(H,32,34). The molecule has 1 aromatic carbocycles. The molecular formula is C29H35N7O3. The molecule has 3 fully saturated rings. The number of hydrogen-bond donors (Lipinski definition) is 2. The van der Waals surface area contributed by atoms with Gasteiger partial charge >= 0.3 is 0 Å². The quantitative estimate of drug-likeness (QED) is 0.475. The molecule has 5 heterocycles. The van der Waals surface area contributed by atoms with E-state index in [0.29, 0.717) is 17.2 Å². The second-order valence-electron chi connectivity index (χ2n) is 10.6. The molecule has 0 unspecified atom stereocenters. The minimum absolute atomic E-state index is 0.0168. The molecule has 10 heteroatoms. The van der Waals surface area contributed by atoms with Crippen molar-refractivity contribution < 1.29 is 14.3 Å². The minimum Gasteiger partial charge on any atom is -0.381 e. The summed E-state index contributed by atoms with van der Waals surface area (Å²) in [6.45, 7) is 8.60. The number of nitrogens with two attached hydrogens (primary N) is 1. The van der Waals surface area contributed by atoms with E-state index < -0.39 is 5.91 Å². The van der Waals surface area contributed by atoms with Gasteiger partial charge in [-0.25, -0.2) is 9.97 Å². The zero-order chi connectivity index (χ0) is 26.8. The molecule has 0 bridgehead atoms. The highest BCUT2D eigenvalue weighted by Crippen LogP contribution is 2.45. The van der Waals surface area contributed by atoms with Crippen molar-refractivity contribution in [1.82, 2.24) is 19.9 Å². The number of primary amides is 1. The number of rotatable bonds is 7. The number of ether oxygens (including phenoxy) is 2. The van der Waals surface area contributed by atoms with Crippen LogP contribution in [0.3, 0.4) is 0 Å². The Kier molecular flexibility index (Phi) is 7.16. The molecule has 0 aliphatic carbocycles. The minimum atomic E-state index is -0.639. The van der Waals surface area contributed by atoms with E-state index in [9.17, 15) is 4.79 Å². The number of hydrogen-bond acceptors (Lipinski definition) is 9. The first-order chi connectivity index (χ1) is 19.0. The summed E-state index contributed by atoms with van der Waals surface area (Å²) in [6.07, 6.45) is 4.67. The van der Waals surface area contributed by atoms with E-state index in [2.05, 4.69) is 32.2 Å². The molecule has 3 aliphatic heterocycles. The van der Waals surface area contributed by atoms with Crippen LogP contribution >= 0.6 is 0 Å². The highest BCUT2D eigenvalue weighted by molar-refractivity contribution is 5.97. The van der Waals surface area contributed by atoms with Crippen molar-refractivity contribution in [3.05, 3.63) is 59.4 Å². The number of aryl methyl sites for hydroxylation is 1. The molecular weight excluding hydrogens is 494 g/mol. The van der Waals surface area contributed by atoms with E-state index in [1.165, 1.54) is 5.56 Å². The zero-order valence-corrected chi connectivity index (χ0v) is 22.4. The monoisotopic (exact) mass is 529 g/mol. The number of carbonyl (C=O) groups excluding carboxylic acids is 1. The van der Waals surface area contributed by atoms with Crippen LogP contribution in [0.1, 0.15) is 40.9 Å². The lowest BCUT2D eigenvalue weighted by Crippen LogP contribution is -2.63. The third-order valence-corrected chi connectivity index (χ3v) is 8.12. The molecule has 3 N–H and O–H groups in total. The Morgan fingerprint density at radius 1 is 0.974 bits per heavy atom. The van der Waals surface area contributed by atoms with Crippen molar-refractivity contribution in [2.45, 2.75) is 38.3 Å². The molecule has 6 rings (SSSR count). The Balaban J connectivity index is 1.35. The van der Waals surface area contributed by atoms with Crippen molar-refractivity contribution in [3.63, 3.8) is 0 Å². The molecule has 3 aliphatic rings. The maximum absolute atomic E-state index is 12.6. The highest BCUT2D eigenvalue weighted by Gasteiger charge is 2.47. The molecule has 0 radical (unpaired) electrons. The highest BCUT2D eigenvalue weighted by atomic mass is 16.5. The van der Waals surface area contributed by atoms with Gasteiger partial charge in [-0.3, -0.25) is 14.7 Å². The molecule has 1 spiro atoms. The second kappa shape index (κ2) is 10.9. The summed E-state index contributed by atoms with van der Waals surface area (Å²) in [5, 5.41) is 3.33. The maximum Gasteiger partial charge on any atom is 0.271 e. The van der Waals surface area contributed by atoms with Gasteiger partial charge in [0.15, 0.2) is 17.3 Å². The van der Waals surface area contributed by atoms with Gasteiger partial charge in [-0.1, -0.05) is 18.2 Å². The molecule has 0 atom stereocenters. The molecule has 1 amide bonds. The van der Waals surface area contributed by atoms with E-state index in [4.69, 9.17) is 25.2 Å². The van der Waals surface area contributed by atoms with Crippen LogP contribution in [0.5, 0.6) is 0 Å². The van der Waals surface area contributed by atoms with Gasteiger partial charge in [0.05, 0.1) is 18.9 Å². The Morgan fingerprint density at radius 2 is 1.72 bits per heavy atom. The molecule has 10 nitrogen and oxygen atoms in total. The van der Waals surface area contributed by atoms with Crippen molar-refractivity contribution in [3.8, 4) is 11.4 Å². The predicted octanol–water partition coefficient (Wildman–Crippen LogP) is 3.28. The van der Waals surface area contributed by atoms with Crippen LogP contribution < -0.4 is 16.0 Å². The van der Waals surface area contributed by atoms with Gasteiger partial charge in [-0.2, -0.15) is 0 Å². The Bertz CT molecular complexity index is 1340. The average Bonchev–Trinajstić information content (AvgIpc) is 2.95. The first-order valence-corrected chi connectivity index (χ1v) is 13.7. The van der Waals surface area contributed by atoms with E-state index in [0.717, 1.165) is 88.9 Å². The fraction of sp³-hybridized carbons (Fsp3) is 0.448. The lowest BCUT2D eigenvalue weighted by Gasteiger charge is -2.55. The first kappa shape index (κ1) is 25.7. The number of nitrogens with one attached hydrogen (secondary N) is 1. The first-order valence-electron chi connectivity index (χ1n) is 13.7. The summed E-state index contributed by atoms with van der Waals surface area (Å²) in [7, 11) is 0. The van der Waals surface area contributed by atoms with Gasteiger partial charge in [0.2, 0.25) is 0 Å². The van der Waals surface area contributed by atoms with Crippen LogP contribution in [0, 0.1) is 6.92 Å². The Hall–Kier alpha value is -3.60. The van der Waals surface area contributed by atoms with Gasteiger partial charge in [0.25, 0.3) is 5.91 Å². The third-order valence-electron chi connectivity index (χ3n) is 8.12. The number of pyridine rings is 1. The van der Waals surface area contributed by atoms with Crippen molar-refractivity contribution in [2.75, 3.05) is 56.3 Å². The van der Waals surface area contributed by atoms with Gasteiger partial charge in [0.1, 0.15) is 5.69 Å². The predicted molar refractivity (Wildman–Crippen MR) is 149 cm³/mol. The topological polar surface area (TPSA) is 119 Å². The van der Waals surface area contributed by atoms with E-state index >= 15 is 0 Å². The van der Waals surface area contributed by atoms with E-state index in [1.807, 2.05) is 31.2 Å². The lowest BCUT2D eigenvalue weighted by molar-refractivity contribution is 0.0285. The third kappa shape index (κ3) is 5.19. The van der Waals surface area contributed by atoms with Crippen molar-refractivity contribution in [2.24, 2.45) is 5.73 Å². The van der Waals surface area contributed by atoms with Crippen LogP contribution in [0.15, 0.2) is 42.6 Å². The van der Waals surface area contributed by atoms with Gasteiger partial charge in [0, 0.05) is 56.8 Å². The number of morpholine rings is 1.